The van der Waals surface area contributed by atoms with Crippen molar-refractivity contribution >= 4 is 11.9 Å². The standard InChI is InChI=1S/C11H19NO3/c1-3-5-10(13)12-7-4-6-9(8-12)11(14)15-2/h9H,3-8H2,1-2H3/t9-/m0/s1. The molecule has 15 heavy (non-hydrogen) atoms. The number of amides is 1. The minimum absolute atomic E-state index is 0.121. The smallest absolute Gasteiger partial charge is 0.310 e. The maximum atomic E-state index is 11.6. The average molecular weight is 213 g/mol. The number of esters is 1. The van der Waals surface area contributed by atoms with E-state index in [2.05, 4.69) is 0 Å². The van der Waals surface area contributed by atoms with Crippen LogP contribution in [-0.4, -0.2) is 37.0 Å². The van der Waals surface area contributed by atoms with Crippen LogP contribution in [0.5, 0.6) is 0 Å². The van der Waals surface area contributed by atoms with E-state index in [1.165, 1.54) is 7.11 Å². The summed E-state index contributed by atoms with van der Waals surface area (Å²) in [6.45, 7) is 3.30. The lowest BCUT2D eigenvalue weighted by molar-refractivity contribution is -0.149. The highest BCUT2D eigenvalue weighted by atomic mass is 16.5. The van der Waals surface area contributed by atoms with E-state index in [1.54, 1.807) is 4.90 Å². The quantitative estimate of drug-likeness (QED) is 0.662. The highest BCUT2D eigenvalue weighted by Gasteiger charge is 2.28. The molecule has 4 nitrogen and oxygen atoms in total. The zero-order valence-electron chi connectivity index (χ0n) is 9.49. The summed E-state index contributed by atoms with van der Waals surface area (Å²) in [6, 6.07) is 0. The third kappa shape index (κ3) is 3.22. The predicted octanol–water partition coefficient (Wildman–Crippen LogP) is 1.20. The first-order valence-electron chi connectivity index (χ1n) is 5.54. The van der Waals surface area contributed by atoms with Gasteiger partial charge >= 0.3 is 5.97 Å². The number of nitrogens with zero attached hydrogens (tertiary/aromatic N) is 1. The number of carbonyl (C=O) groups excluding carboxylic acids is 2. The van der Waals surface area contributed by atoms with Crippen LogP contribution in [0.2, 0.25) is 0 Å². The molecule has 0 spiro atoms. The zero-order chi connectivity index (χ0) is 11.3. The Morgan fingerprint density at radius 3 is 2.80 bits per heavy atom. The Morgan fingerprint density at radius 1 is 1.47 bits per heavy atom. The minimum atomic E-state index is -0.191. The molecular weight excluding hydrogens is 194 g/mol. The molecule has 0 unspecified atom stereocenters. The number of hydrogen-bond acceptors (Lipinski definition) is 3. The summed E-state index contributed by atoms with van der Waals surface area (Å²) in [5.74, 6) is -0.153. The molecule has 1 amide bonds. The first kappa shape index (κ1) is 12.0. The first-order valence-corrected chi connectivity index (χ1v) is 5.54. The van der Waals surface area contributed by atoms with E-state index in [4.69, 9.17) is 4.74 Å². The molecule has 0 aliphatic carbocycles. The molecule has 1 heterocycles. The Kier molecular flexibility index (Phi) is 4.59. The molecule has 1 fully saturated rings. The van der Waals surface area contributed by atoms with E-state index in [0.29, 0.717) is 13.0 Å². The van der Waals surface area contributed by atoms with Crippen LogP contribution in [-0.2, 0) is 14.3 Å². The van der Waals surface area contributed by atoms with Crippen molar-refractivity contribution in [3.63, 3.8) is 0 Å². The molecule has 1 aliphatic heterocycles. The molecule has 0 radical (unpaired) electrons. The van der Waals surface area contributed by atoms with E-state index in [9.17, 15) is 9.59 Å². The molecule has 1 aliphatic rings. The summed E-state index contributed by atoms with van der Waals surface area (Å²) >= 11 is 0. The number of rotatable bonds is 3. The first-order chi connectivity index (χ1) is 7.19. The fraction of sp³-hybridized carbons (Fsp3) is 0.818. The van der Waals surface area contributed by atoms with Crippen molar-refractivity contribution in [3.8, 4) is 0 Å². The summed E-state index contributed by atoms with van der Waals surface area (Å²) < 4.78 is 4.70. The summed E-state index contributed by atoms with van der Waals surface area (Å²) in [4.78, 5) is 24.7. The lowest BCUT2D eigenvalue weighted by atomic mass is 9.98. The molecule has 0 N–H and O–H groups in total. The molecule has 0 aromatic heterocycles. The molecule has 1 atom stereocenters. The molecule has 0 aromatic carbocycles. The van der Waals surface area contributed by atoms with Crippen LogP contribution in [0.3, 0.4) is 0 Å². The number of methoxy groups -OCH3 is 1. The topological polar surface area (TPSA) is 46.6 Å². The molecule has 0 bridgehead atoms. The molecule has 4 heteroatoms. The number of likely N-dealkylation sites (tertiary alicyclic amines) is 1. The van der Waals surface area contributed by atoms with Gasteiger partial charge in [0.25, 0.3) is 0 Å². The molecule has 1 saturated heterocycles. The van der Waals surface area contributed by atoms with Gasteiger partial charge in [0.15, 0.2) is 0 Å². The predicted molar refractivity (Wildman–Crippen MR) is 56.2 cm³/mol. The Balaban J connectivity index is 2.48. The largest absolute Gasteiger partial charge is 0.469 e. The van der Waals surface area contributed by atoms with Crippen molar-refractivity contribution < 1.29 is 14.3 Å². The van der Waals surface area contributed by atoms with Gasteiger partial charge in [-0.1, -0.05) is 6.92 Å². The lowest BCUT2D eigenvalue weighted by Gasteiger charge is -2.31. The fourth-order valence-electron chi connectivity index (χ4n) is 1.93. The minimum Gasteiger partial charge on any atom is -0.469 e. The fourth-order valence-corrected chi connectivity index (χ4v) is 1.93. The Labute approximate surface area is 90.6 Å². The molecule has 86 valence electrons. The molecule has 0 aromatic rings. The van der Waals surface area contributed by atoms with Crippen LogP contribution in [0.4, 0.5) is 0 Å². The van der Waals surface area contributed by atoms with Crippen molar-refractivity contribution in [3.05, 3.63) is 0 Å². The molecule has 0 saturated carbocycles. The van der Waals surface area contributed by atoms with Crippen LogP contribution in [0, 0.1) is 5.92 Å². The van der Waals surface area contributed by atoms with Crippen LogP contribution in [0.15, 0.2) is 0 Å². The van der Waals surface area contributed by atoms with Gasteiger partial charge in [-0.05, 0) is 19.3 Å². The van der Waals surface area contributed by atoms with Gasteiger partial charge in [0.05, 0.1) is 13.0 Å². The molecule has 1 rings (SSSR count). The van der Waals surface area contributed by atoms with Gasteiger partial charge in [0, 0.05) is 19.5 Å². The maximum absolute atomic E-state index is 11.6. The van der Waals surface area contributed by atoms with Gasteiger partial charge < -0.3 is 9.64 Å². The van der Waals surface area contributed by atoms with E-state index in [1.807, 2.05) is 6.92 Å². The van der Waals surface area contributed by atoms with E-state index < -0.39 is 0 Å². The van der Waals surface area contributed by atoms with Gasteiger partial charge in [-0.3, -0.25) is 9.59 Å². The Bertz CT molecular complexity index is 240. The van der Waals surface area contributed by atoms with Crippen molar-refractivity contribution in [2.24, 2.45) is 5.92 Å². The Morgan fingerprint density at radius 2 is 2.20 bits per heavy atom. The molecular formula is C11H19NO3. The zero-order valence-corrected chi connectivity index (χ0v) is 9.49. The van der Waals surface area contributed by atoms with E-state index >= 15 is 0 Å². The summed E-state index contributed by atoms with van der Waals surface area (Å²) in [5, 5.41) is 0. The number of piperidine rings is 1. The van der Waals surface area contributed by atoms with Crippen LogP contribution in [0.25, 0.3) is 0 Å². The van der Waals surface area contributed by atoms with E-state index in [0.717, 1.165) is 25.8 Å². The summed E-state index contributed by atoms with van der Waals surface area (Å²) in [7, 11) is 1.40. The normalized spacial score (nSPS) is 21.2. The second kappa shape index (κ2) is 5.73. The van der Waals surface area contributed by atoms with Crippen LogP contribution in [0.1, 0.15) is 32.6 Å². The van der Waals surface area contributed by atoms with Gasteiger partial charge in [0.1, 0.15) is 0 Å². The van der Waals surface area contributed by atoms with Gasteiger partial charge in [-0.2, -0.15) is 0 Å². The van der Waals surface area contributed by atoms with Crippen molar-refractivity contribution in [2.45, 2.75) is 32.6 Å². The summed E-state index contributed by atoms with van der Waals surface area (Å²) in [6.07, 6.45) is 3.17. The van der Waals surface area contributed by atoms with Crippen LogP contribution >= 0.6 is 0 Å². The second-order valence-corrected chi connectivity index (χ2v) is 3.95. The monoisotopic (exact) mass is 213 g/mol. The van der Waals surface area contributed by atoms with E-state index in [-0.39, 0.29) is 17.8 Å². The number of hydrogen-bond donors (Lipinski definition) is 0. The van der Waals surface area contributed by atoms with Gasteiger partial charge in [-0.15, -0.1) is 0 Å². The number of carbonyl (C=O) groups is 2. The third-order valence-electron chi connectivity index (χ3n) is 2.77. The number of ether oxygens (including phenoxy) is 1. The summed E-state index contributed by atoms with van der Waals surface area (Å²) in [5.41, 5.74) is 0. The van der Waals surface area contributed by atoms with Crippen molar-refractivity contribution in [2.75, 3.05) is 20.2 Å². The highest BCUT2D eigenvalue weighted by Crippen LogP contribution is 2.18. The van der Waals surface area contributed by atoms with Crippen molar-refractivity contribution in [1.29, 1.82) is 0 Å². The van der Waals surface area contributed by atoms with Crippen LogP contribution < -0.4 is 0 Å². The Hall–Kier alpha value is -1.06. The highest BCUT2D eigenvalue weighted by molar-refractivity contribution is 5.78. The van der Waals surface area contributed by atoms with Gasteiger partial charge in [-0.25, -0.2) is 0 Å². The second-order valence-electron chi connectivity index (χ2n) is 3.95. The SMILES string of the molecule is CCCC(=O)N1CCC[C@H](C(=O)OC)C1. The average Bonchev–Trinajstić information content (AvgIpc) is 2.28. The van der Waals surface area contributed by atoms with Crippen molar-refractivity contribution in [1.82, 2.24) is 4.90 Å². The lowest BCUT2D eigenvalue weighted by Crippen LogP contribution is -2.42. The third-order valence-corrected chi connectivity index (χ3v) is 2.77. The maximum Gasteiger partial charge on any atom is 0.310 e. The van der Waals surface area contributed by atoms with Gasteiger partial charge in [0.2, 0.25) is 5.91 Å².